The summed E-state index contributed by atoms with van der Waals surface area (Å²) in [5.74, 6) is 0.379. The van der Waals surface area contributed by atoms with E-state index >= 15 is 0 Å². The van der Waals surface area contributed by atoms with Crippen molar-refractivity contribution in [3.8, 4) is 0 Å². The monoisotopic (exact) mass is 239 g/mol. The molecular formula is C10H17N5O2. The molecule has 1 aliphatic rings. The fraction of sp³-hybridized carbons (Fsp3) is 0.700. The molecule has 7 heteroatoms. The average Bonchev–Trinajstić information content (AvgIpc) is 2.50. The van der Waals surface area contributed by atoms with Gasteiger partial charge in [0.1, 0.15) is 6.20 Å². The van der Waals surface area contributed by atoms with E-state index in [1.807, 2.05) is 0 Å². The minimum absolute atomic E-state index is 0.0460. The Kier molecular flexibility index (Phi) is 3.58. The van der Waals surface area contributed by atoms with Crippen molar-refractivity contribution in [2.75, 3.05) is 18.4 Å². The van der Waals surface area contributed by atoms with Gasteiger partial charge >= 0.3 is 5.69 Å². The van der Waals surface area contributed by atoms with Crippen molar-refractivity contribution < 1.29 is 4.92 Å². The van der Waals surface area contributed by atoms with Crippen LogP contribution in [0.3, 0.4) is 0 Å². The molecule has 0 radical (unpaired) electrons. The molecule has 2 heterocycles. The lowest BCUT2D eigenvalue weighted by atomic mass is 10.1. The molecule has 1 saturated heterocycles. The standard InChI is InChI=1S/C10H17N5O2/c1-14-7-9(15(16)17)10(13-14)12-8-3-2-5-11-6-4-8/h7-8,11H,2-6H2,1H3,(H,12,13). The maximum absolute atomic E-state index is 10.8. The van der Waals surface area contributed by atoms with Crippen LogP contribution in [0.1, 0.15) is 19.3 Å². The summed E-state index contributed by atoms with van der Waals surface area (Å²) in [6, 6.07) is 0.263. The number of nitrogens with zero attached hydrogens (tertiary/aromatic N) is 3. The van der Waals surface area contributed by atoms with E-state index in [-0.39, 0.29) is 11.7 Å². The minimum Gasteiger partial charge on any atom is -0.360 e. The average molecular weight is 239 g/mol. The Labute approximate surface area is 99.3 Å². The molecule has 0 aromatic carbocycles. The van der Waals surface area contributed by atoms with Crippen molar-refractivity contribution in [1.29, 1.82) is 0 Å². The van der Waals surface area contributed by atoms with Crippen LogP contribution in [0.25, 0.3) is 0 Å². The lowest BCUT2D eigenvalue weighted by molar-refractivity contribution is -0.384. The molecule has 2 N–H and O–H groups in total. The lowest BCUT2D eigenvalue weighted by Gasteiger charge is -2.14. The first-order valence-electron chi connectivity index (χ1n) is 5.82. The number of hydrogen-bond donors (Lipinski definition) is 2. The summed E-state index contributed by atoms with van der Waals surface area (Å²) in [7, 11) is 1.69. The van der Waals surface area contributed by atoms with Gasteiger partial charge in [-0.25, -0.2) is 0 Å². The minimum atomic E-state index is -0.399. The summed E-state index contributed by atoms with van der Waals surface area (Å²) in [5.41, 5.74) is 0.0460. The van der Waals surface area contributed by atoms with E-state index in [9.17, 15) is 10.1 Å². The molecule has 0 amide bonds. The number of aryl methyl sites for hydroxylation is 1. The van der Waals surface area contributed by atoms with E-state index < -0.39 is 4.92 Å². The van der Waals surface area contributed by atoms with E-state index in [4.69, 9.17) is 0 Å². The van der Waals surface area contributed by atoms with Gasteiger partial charge in [0.05, 0.1) is 4.92 Å². The number of anilines is 1. The van der Waals surface area contributed by atoms with Gasteiger partial charge in [-0.15, -0.1) is 5.10 Å². The molecular weight excluding hydrogens is 222 g/mol. The number of nitro groups is 1. The topological polar surface area (TPSA) is 85.0 Å². The van der Waals surface area contributed by atoms with Gasteiger partial charge in [0, 0.05) is 13.1 Å². The first kappa shape index (κ1) is 11.8. The molecule has 94 valence electrons. The molecule has 1 fully saturated rings. The zero-order chi connectivity index (χ0) is 12.3. The first-order chi connectivity index (χ1) is 8.16. The SMILES string of the molecule is Cn1cc([N+](=O)[O-])c(NC2CCCNCC2)n1. The molecule has 0 saturated carbocycles. The number of hydrogen-bond acceptors (Lipinski definition) is 5. The van der Waals surface area contributed by atoms with Crippen LogP contribution in [0.2, 0.25) is 0 Å². The smallest absolute Gasteiger partial charge is 0.330 e. The zero-order valence-corrected chi connectivity index (χ0v) is 9.85. The second kappa shape index (κ2) is 5.13. The summed E-state index contributed by atoms with van der Waals surface area (Å²) in [5, 5.41) is 21.4. The van der Waals surface area contributed by atoms with Crippen LogP contribution < -0.4 is 10.6 Å². The van der Waals surface area contributed by atoms with Gasteiger partial charge in [0.15, 0.2) is 0 Å². The molecule has 1 atom stereocenters. The second-order valence-corrected chi connectivity index (χ2v) is 4.32. The van der Waals surface area contributed by atoms with Crippen molar-refractivity contribution >= 4 is 11.5 Å². The van der Waals surface area contributed by atoms with Gasteiger partial charge in [-0.3, -0.25) is 14.8 Å². The largest absolute Gasteiger partial charge is 0.360 e. The summed E-state index contributed by atoms with van der Waals surface area (Å²) in [6.07, 6.45) is 4.49. The summed E-state index contributed by atoms with van der Waals surface area (Å²) < 4.78 is 1.47. The highest BCUT2D eigenvalue weighted by Gasteiger charge is 2.21. The van der Waals surface area contributed by atoms with Crippen LogP contribution in [0.5, 0.6) is 0 Å². The summed E-state index contributed by atoms with van der Waals surface area (Å²) in [4.78, 5) is 10.4. The zero-order valence-electron chi connectivity index (χ0n) is 9.85. The molecule has 0 spiro atoms. The van der Waals surface area contributed by atoms with Crippen LogP contribution in [-0.4, -0.2) is 33.8 Å². The van der Waals surface area contributed by atoms with Crippen molar-refractivity contribution in [3.05, 3.63) is 16.3 Å². The molecule has 17 heavy (non-hydrogen) atoms. The molecule has 0 bridgehead atoms. The maximum atomic E-state index is 10.8. The Morgan fingerprint density at radius 2 is 2.41 bits per heavy atom. The highest BCUT2D eigenvalue weighted by molar-refractivity contribution is 5.55. The fourth-order valence-electron chi connectivity index (χ4n) is 2.07. The highest BCUT2D eigenvalue weighted by atomic mass is 16.6. The highest BCUT2D eigenvalue weighted by Crippen LogP contribution is 2.23. The predicted octanol–water partition coefficient (Wildman–Crippen LogP) is 0.882. The lowest BCUT2D eigenvalue weighted by Crippen LogP contribution is -2.22. The van der Waals surface area contributed by atoms with Crippen molar-refractivity contribution in [2.24, 2.45) is 7.05 Å². The molecule has 1 aliphatic heterocycles. The number of nitrogens with one attached hydrogen (secondary N) is 2. The van der Waals surface area contributed by atoms with Gasteiger partial charge in [0.25, 0.3) is 0 Å². The molecule has 0 aliphatic carbocycles. The van der Waals surface area contributed by atoms with Crippen LogP contribution in [0, 0.1) is 10.1 Å². The Morgan fingerprint density at radius 3 is 3.18 bits per heavy atom. The third-order valence-corrected chi connectivity index (χ3v) is 2.92. The van der Waals surface area contributed by atoms with Gasteiger partial charge in [-0.1, -0.05) is 0 Å². The molecule has 1 aromatic rings. The molecule has 7 nitrogen and oxygen atoms in total. The summed E-state index contributed by atoms with van der Waals surface area (Å²) in [6.45, 7) is 1.96. The van der Waals surface area contributed by atoms with Gasteiger partial charge in [0.2, 0.25) is 5.82 Å². The Balaban J connectivity index is 2.08. The third-order valence-electron chi connectivity index (χ3n) is 2.92. The van der Waals surface area contributed by atoms with E-state index in [1.165, 1.54) is 10.9 Å². The van der Waals surface area contributed by atoms with Crippen LogP contribution >= 0.6 is 0 Å². The quantitative estimate of drug-likeness (QED) is 0.604. The molecule has 1 unspecified atom stereocenters. The van der Waals surface area contributed by atoms with E-state index in [2.05, 4.69) is 15.7 Å². The van der Waals surface area contributed by atoms with Gasteiger partial charge in [-0.05, 0) is 32.4 Å². The van der Waals surface area contributed by atoms with E-state index in [0.29, 0.717) is 5.82 Å². The fourth-order valence-corrected chi connectivity index (χ4v) is 2.07. The number of aromatic nitrogens is 2. The normalized spacial score (nSPS) is 20.9. The molecule has 2 rings (SSSR count). The Bertz CT molecular complexity index is 395. The second-order valence-electron chi connectivity index (χ2n) is 4.32. The van der Waals surface area contributed by atoms with E-state index in [0.717, 1.165) is 32.4 Å². The third kappa shape index (κ3) is 2.94. The van der Waals surface area contributed by atoms with Crippen molar-refractivity contribution in [2.45, 2.75) is 25.3 Å². The van der Waals surface area contributed by atoms with Crippen molar-refractivity contribution in [1.82, 2.24) is 15.1 Å². The summed E-state index contributed by atoms with van der Waals surface area (Å²) >= 11 is 0. The van der Waals surface area contributed by atoms with Gasteiger partial charge < -0.3 is 10.6 Å². The van der Waals surface area contributed by atoms with Gasteiger partial charge in [-0.2, -0.15) is 0 Å². The van der Waals surface area contributed by atoms with Crippen LogP contribution in [-0.2, 0) is 7.05 Å². The molecule has 1 aromatic heterocycles. The number of rotatable bonds is 3. The van der Waals surface area contributed by atoms with Crippen LogP contribution in [0.4, 0.5) is 11.5 Å². The first-order valence-corrected chi connectivity index (χ1v) is 5.82. The predicted molar refractivity (Wildman–Crippen MR) is 64.0 cm³/mol. The van der Waals surface area contributed by atoms with E-state index in [1.54, 1.807) is 7.05 Å². The Hall–Kier alpha value is -1.63. The maximum Gasteiger partial charge on any atom is 0.330 e. The van der Waals surface area contributed by atoms with Crippen molar-refractivity contribution in [3.63, 3.8) is 0 Å². The Morgan fingerprint density at radius 1 is 1.59 bits per heavy atom. The van der Waals surface area contributed by atoms with Crippen LogP contribution in [0.15, 0.2) is 6.20 Å².